The average molecular weight is 223 g/mol. The number of carbonyl (C=O) groups excluding carboxylic acids is 1. The van der Waals surface area contributed by atoms with E-state index in [-0.39, 0.29) is 11.3 Å². The van der Waals surface area contributed by atoms with E-state index in [1.54, 1.807) is 4.90 Å². The standard InChI is InChI=1S/C12H14FNO2/c1-8-5-6-14(7-8)12(16)11-9(13)3-2-4-10(11)15/h2-4,8,15H,5-7H2,1H3. The Morgan fingerprint density at radius 2 is 2.31 bits per heavy atom. The molecule has 0 bridgehead atoms. The van der Waals surface area contributed by atoms with Crippen LogP contribution in [0.5, 0.6) is 5.75 Å². The van der Waals surface area contributed by atoms with E-state index >= 15 is 0 Å². The average Bonchev–Trinajstić information content (AvgIpc) is 2.64. The second-order valence-electron chi connectivity index (χ2n) is 4.28. The number of benzene rings is 1. The topological polar surface area (TPSA) is 40.5 Å². The molecule has 86 valence electrons. The van der Waals surface area contributed by atoms with Crippen LogP contribution in [0.1, 0.15) is 23.7 Å². The van der Waals surface area contributed by atoms with Gasteiger partial charge in [0.25, 0.3) is 5.91 Å². The Morgan fingerprint density at radius 3 is 2.88 bits per heavy atom. The number of halogens is 1. The molecule has 2 rings (SSSR count). The third-order valence-electron chi connectivity index (χ3n) is 2.92. The smallest absolute Gasteiger partial charge is 0.260 e. The molecule has 1 aromatic rings. The Morgan fingerprint density at radius 1 is 1.56 bits per heavy atom. The molecule has 1 saturated heterocycles. The Kier molecular flexibility index (Phi) is 2.81. The van der Waals surface area contributed by atoms with Crippen LogP contribution in [0.3, 0.4) is 0 Å². The van der Waals surface area contributed by atoms with E-state index in [0.29, 0.717) is 19.0 Å². The van der Waals surface area contributed by atoms with Gasteiger partial charge in [-0.05, 0) is 24.5 Å². The van der Waals surface area contributed by atoms with Crippen LogP contribution in [0.15, 0.2) is 18.2 Å². The monoisotopic (exact) mass is 223 g/mol. The lowest BCUT2D eigenvalue weighted by Gasteiger charge is -2.16. The van der Waals surface area contributed by atoms with Crippen LogP contribution in [0.2, 0.25) is 0 Å². The molecule has 1 aliphatic rings. The van der Waals surface area contributed by atoms with Crippen molar-refractivity contribution < 1.29 is 14.3 Å². The number of hydrogen-bond donors (Lipinski definition) is 1. The van der Waals surface area contributed by atoms with Crippen LogP contribution in [0.4, 0.5) is 4.39 Å². The number of hydrogen-bond acceptors (Lipinski definition) is 2. The molecule has 0 saturated carbocycles. The molecule has 1 unspecified atom stereocenters. The van der Waals surface area contributed by atoms with Crippen molar-refractivity contribution in [2.75, 3.05) is 13.1 Å². The molecule has 1 amide bonds. The molecule has 16 heavy (non-hydrogen) atoms. The predicted molar refractivity (Wildman–Crippen MR) is 57.7 cm³/mol. The fourth-order valence-corrected chi connectivity index (χ4v) is 2.00. The fourth-order valence-electron chi connectivity index (χ4n) is 2.00. The lowest BCUT2D eigenvalue weighted by atomic mass is 10.1. The molecule has 3 nitrogen and oxygen atoms in total. The normalized spacial score (nSPS) is 20.1. The highest BCUT2D eigenvalue weighted by Gasteiger charge is 2.27. The van der Waals surface area contributed by atoms with Gasteiger partial charge in [0.1, 0.15) is 17.1 Å². The van der Waals surface area contributed by atoms with Gasteiger partial charge in [0.2, 0.25) is 0 Å². The Hall–Kier alpha value is -1.58. The van der Waals surface area contributed by atoms with Crippen LogP contribution in [-0.4, -0.2) is 29.0 Å². The summed E-state index contributed by atoms with van der Waals surface area (Å²) in [5, 5.41) is 9.50. The van der Waals surface area contributed by atoms with Crippen molar-refractivity contribution in [2.45, 2.75) is 13.3 Å². The first-order chi connectivity index (χ1) is 7.59. The number of amides is 1. The number of phenolic OH excluding ortho intramolecular Hbond substituents is 1. The maximum Gasteiger partial charge on any atom is 0.260 e. The number of phenols is 1. The van der Waals surface area contributed by atoms with Gasteiger partial charge >= 0.3 is 0 Å². The molecule has 1 N–H and O–H groups in total. The van der Waals surface area contributed by atoms with Crippen LogP contribution >= 0.6 is 0 Å². The molecule has 0 radical (unpaired) electrons. The lowest BCUT2D eigenvalue weighted by Crippen LogP contribution is -2.29. The van der Waals surface area contributed by atoms with Crippen molar-refractivity contribution in [3.05, 3.63) is 29.6 Å². The Balaban J connectivity index is 2.27. The van der Waals surface area contributed by atoms with Crippen molar-refractivity contribution in [3.8, 4) is 5.75 Å². The van der Waals surface area contributed by atoms with Gasteiger partial charge in [0.15, 0.2) is 0 Å². The summed E-state index contributed by atoms with van der Waals surface area (Å²) >= 11 is 0. The number of nitrogens with zero attached hydrogens (tertiary/aromatic N) is 1. The van der Waals surface area contributed by atoms with E-state index in [9.17, 15) is 14.3 Å². The number of likely N-dealkylation sites (tertiary alicyclic amines) is 1. The first kappa shape index (κ1) is 10.9. The van der Waals surface area contributed by atoms with E-state index in [0.717, 1.165) is 6.42 Å². The van der Waals surface area contributed by atoms with Crippen LogP contribution in [0, 0.1) is 11.7 Å². The molecule has 1 atom stereocenters. The molecular formula is C12H14FNO2. The molecular weight excluding hydrogens is 209 g/mol. The first-order valence-electron chi connectivity index (χ1n) is 5.36. The highest BCUT2D eigenvalue weighted by Crippen LogP contribution is 2.24. The summed E-state index contributed by atoms with van der Waals surface area (Å²) in [4.78, 5) is 13.5. The molecule has 1 fully saturated rings. The maximum atomic E-state index is 13.4. The molecule has 1 heterocycles. The summed E-state index contributed by atoms with van der Waals surface area (Å²) in [6, 6.07) is 3.90. The van der Waals surface area contributed by atoms with E-state index < -0.39 is 11.7 Å². The SMILES string of the molecule is CC1CCN(C(=O)c2c(O)cccc2F)C1. The molecule has 0 aliphatic carbocycles. The van der Waals surface area contributed by atoms with Gasteiger partial charge in [-0.15, -0.1) is 0 Å². The minimum atomic E-state index is -0.662. The molecule has 4 heteroatoms. The van der Waals surface area contributed by atoms with Gasteiger partial charge in [-0.2, -0.15) is 0 Å². The van der Waals surface area contributed by atoms with Gasteiger partial charge < -0.3 is 10.0 Å². The van der Waals surface area contributed by atoms with Gasteiger partial charge in [-0.1, -0.05) is 13.0 Å². The van der Waals surface area contributed by atoms with Crippen LogP contribution < -0.4 is 0 Å². The second kappa shape index (κ2) is 4.12. The van der Waals surface area contributed by atoms with Crippen LogP contribution in [0.25, 0.3) is 0 Å². The highest BCUT2D eigenvalue weighted by molar-refractivity contribution is 5.97. The second-order valence-corrected chi connectivity index (χ2v) is 4.28. The van der Waals surface area contributed by atoms with Gasteiger partial charge in [0, 0.05) is 13.1 Å². The Labute approximate surface area is 93.5 Å². The predicted octanol–water partition coefficient (Wildman–Crippen LogP) is 2.01. The van der Waals surface area contributed by atoms with Crippen molar-refractivity contribution in [1.29, 1.82) is 0 Å². The largest absolute Gasteiger partial charge is 0.507 e. The quantitative estimate of drug-likeness (QED) is 0.791. The van der Waals surface area contributed by atoms with E-state index in [1.165, 1.54) is 18.2 Å². The Bertz CT molecular complexity index is 399. The minimum absolute atomic E-state index is 0.211. The third kappa shape index (κ3) is 1.87. The van der Waals surface area contributed by atoms with Crippen LogP contribution in [-0.2, 0) is 0 Å². The summed E-state index contributed by atoms with van der Waals surface area (Å²) in [5.41, 5.74) is -0.211. The van der Waals surface area contributed by atoms with Gasteiger partial charge in [0.05, 0.1) is 0 Å². The molecule has 1 aromatic carbocycles. The van der Waals surface area contributed by atoms with E-state index in [2.05, 4.69) is 6.92 Å². The highest BCUT2D eigenvalue weighted by atomic mass is 19.1. The van der Waals surface area contributed by atoms with Crippen molar-refractivity contribution in [1.82, 2.24) is 4.90 Å². The van der Waals surface area contributed by atoms with Crippen molar-refractivity contribution >= 4 is 5.91 Å². The van der Waals surface area contributed by atoms with Crippen molar-refractivity contribution in [2.24, 2.45) is 5.92 Å². The maximum absolute atomic E-state index is 13.4. The summed E-state index contributed by atoms with van der Waals surface area (Å²) in [6.07, 6.45) is 0.932. The fraction of sp³-hybridized carbons (Fsp3) is 0.417. The summed E-state index contributed by atoms with van der Waals surface area (Å²) in [7, 11) is 0. The number of aromatic hydroxyl groups is 1. The van der Waals surface area contributed by atoms with Gasteiger partial charge in [-0.3, -0.25) is 4.79 Å². The summed E-state index contributed by atoms with van der Waals surface area (Å²) < 4.78 is 13.4. The number of carbonyl (C=O) groups is 1. The third-order valence-corrected chi connectivity index (χ3v) is 2.92. The van der Waals surface area contributed by atoms with E-state index in [4.69, 9.17) is 0 Å². The lowest BCUT2D eigenvalue weighted by molar-refractivity contribution is 0.0780. The molecule has 0 spiro atoms. The zero-order chi connectivity index (χ0) is 11.7. The van der Waals surface area contributed by atoms with Gasteiger partial charge in [-0.25, -0.2) is 4.39 Å². The molecule has 1 aliphatic heterocycles. The minimum Gasteiger partial charge on any atom is -0.507 e. The zero-order valence-corrected chi connectivity index (χ0v) is 9.11. The first-order valence-corrected chi connectivity index (χ1v) is 5.36. The summed E-state index contributed by atoms with van der Waals surface area (Å²) in [5.74, 6) is -0.924. The summed E-state index contributed by atoms with van der Waals surface area (Å²) in [6.45, 7) is 3.31. The zero-order valence-electron chi connectivity index (χ0n) is 9.11. The van der Waals surface area contributed by atoms with E-state index in [1.807, 2.05) is 0 Å². The van der Waals surface area contributed by atoms with Crippen molar-refractivity contribution in [3.63, 3.8) is 0 Å². The molecule has 0 aromatic heterocycles. The number of rotatable bonds is 1.